The Kier molecular flexibility index (Phi) is 5.89. The summed E-state index contributed by atoms with van der Waals surface area (Å²) in [6.07, 6.45) is 3.07. The second-order valence-corrected chi connectivity index (χ2v) is 7.09. The summed E-state index contributed by atoms with van der Waals surface area (Å²) in [5.74, 6) is -0.226. The predicted octanol–water partition coefficient (Wildman–Crippen LogP) is 4.01. The number of benzene rings is 2. The van der Waals surface area contributed by atoms with Crippen molar-refractivity contribution in [2.75, 3.05) is 7.05 Å². The average molecular weight is 368 g/mol. The number of carbonyl (C=O) groups excluding carboxylic acids is 2. The van der Waals surface area contributed by atoms with Crippen molar-refractivity contribution in [3.05, 3.63) is 59.9 Å². The highest BCUT2D eigenvalue weighted by Gasteiger charge is 2.30. The van der Waals surface area contributed by atoms with Gasteiger partial charge in [-0.05, 0) is 54.7 Å². The lowest BCUT2D eigenvalue weighted by Gasteiger charge is -2.25. The third-order valence-electron chi connectivity index (χ3n) is 5.27. The molecule has 27 heavy (non-hydrogen) atoms. The number of nitrogens with zero attached hydrogens (tertiary/aromatic N) is 1. The number of hydrogen-bond donors (Lipinski definition) is 1. The fourth-order valence-electron chi connectivity index (χ4n) is 3.59. The Morgan fingerprint density at radius 3 is 2.22 bits per heavy atom. The Bertz CT molecular complexity index is 802. The molecule has 1 fully saturated rings. The molecule has 2 amide bonds. The van der Waals surface area contributed by atoms with Gasteiger partial charge in [0.05, 0.1) is 0 Å². The zero-order valence-corrected chi connectivity index (χ0v) is 15.7. The van der Waals surface area contributed by atoms with Crippen LogP contribution < -0.4 is 5.32 Å². The van der Waals surface area contributed by atoms with Crippen LogP contribution in [0.15, 0.2) is 48.5 Å². The van der Waals surface area contributed by atoms with Gasteiger partial charge in [-0.1, -0.05) is 31.2 Å². The molecule has 2 aromatic rings. The first-order chi connectivity index (χ1) is 13.0. The molecule has 4 nitrogen and oxygen atoms in total. The first-order valence-corrected chi connectivity index (χ1v) is 9.40. The Morgan fingerprint density at radius 1 is 1.04 bits per heavy atom. The smallest absolute Gasteiger partial charge is 0.253 e. The van der Waals surface area contributed by atoms with Crippen molar-refractivity contribution in [2.45, 2.75) is 44.7 Å². The molecule has 2 atom stereocenters. The highest BCUT2D eigenvalue weighted by molar-refractivity contribution is 5.94. The van der Waals surface area contributed by atoms with Crippen LogP contribution in [0.5, 0.6) is 0 Å². The minimum absolute atomic E-state index is 0.0203. The SMILES string of the molecule is CCC(=O)NC1CC[C@H](N(C)C(=O)c2ccc(-c3ccc(F)cc3)cc2)C1. The first kappa shape index (κ1) is 19.1. The molecule has 0 aromatic heterocycles. The zero-order chi connectivity index (χ0) is 19.4. The molecule has 2 aromatic carbocycles. The monoisotopic (exact) mass is 368 g/mol. The van der Waals surface area contributed by atoms with Crippen LogP contribution in [0.3, 0.4) is 0 Å². The number of hydrogen-bond acceptors (Lipinski definition) is 2. The van der Waals surface area contributed by atoms with Crippen LogP contribution in [0.4, 0.5) is 4.39 Å². The van der Waals surface area contributed by atoms with Gasteiger partial charge >= 0.3 is 0 Å². The normalized spacial score (nSPS) is 18.9. The molecule has 0 radical (unpaired) electrons. The molecule has 1 N–H and O–H groups in total. The Balaban J connectivity index is 1.63. The summed E-state index contributed by atoms with van der Waals surface area (Å²) in [6.45, 7) is 1.84. The summed E-state index contributed by atoms with van der Waals surface area (Å²) in [5.41, 5.74) is 2.48. The summed E-state index contributed by atoms with van der Waals surface area (Å²) >= 11 is 0. The highest BCUT2D eigenvalue weighted by atomic mass is 19.1. The van der Waals surface area contributed by atoms with Crippen LogP contribution in [-0.2, 0) is 4.79 Å². The number of halogens is 1. The van der Waals surface area contributed by atoms with Gasteiger partial charge in [-0.3, -0.25) is 9.59 Å². The van der Waals surface area contributed by atoms with Gasteiger partial charge in [0.1, 0.15) is 5.82 Å². The summed E-state index contributed by atoms with van der Waals surface area (Å²) in [6, 6.07) is 14.0. The summed E-state index contributed by atoms with van der Waals surface area (Å²) in [4.78, 5) is 26.1. The molecule has 0 heterocycles. The molecule has 3 rings (SSSR count). The van der Waals surface area contributed by atoms with Crippen LogP contribution in [0, 0.1) is 5.82 Å². The number of nitrogens with one attached hydrogen (secondary N) is 1. The first-order valence-electron chi connectivity index (χ1n) is 9.40. The van der Waals surface area contributed by atoms with E-state index in [4.69, 9.17) is 0 Å². The van der Waals surface area contributed by atoms with E-state index in [2.05, 4.69) is 5.32 Å². The van der Waals surface area contributed by atoms with Crippen LogP contribution >= 0.6 is 0 Å². The third kappa shape index (κ3) is 4.54. The average Bonchev–Trinajstić information content (AvgIpc) is 3.16. The third-order valence-corrected chi connectivity index (χ3v) is 5.27. The fourth-order valence-corrected chi connectivity index (χ4v) is 3.59. The quantitative estimate of drug-likeness (QED) is 0.867. The molecule has 0 spiro atoms. The van der Waals surface area contributed by atoms with Crippen LogP contribution in [0.2, 0.25) is 0 Å². The van der Waals surface area contributed by atoms with Crippen LogP contribution in [-0.4, -0.2) is 35.8 Å². The summed E-state index contributed by atoms with van der Waals surface area (Å²) in [7, 11) is 1.82. The predicted molar refractivity (Wildman–Crippen MR) is 104 cm³/mol. The maximum absolute atomic E-state index is 13.1. The molecule has 5 heteroatoms. The molecule has 1 saturated carbocycles. The maximum Gasteiger partial charge on any atom is 0.253 e. The lowest BCUT2D eigenvalue weighted by atomic mass is 10.0. The molecule has 142 valence electrons. The standard InChI is InChI=1S/C22H25FN2O2/c1-3-21(26)24-19-12-13-20(14-19)25(2)22(27)17-6-4-15(5-7-17)16-8-10-18(23)11-9-16/h4-11,19-20H,3,12-14H2,1-2H3,(H,24,26)/t19?,20-/m0/s1. The van der Waals surface area contributed by atoms with E-state index in [0.717, 1.165) is 30.4 Å². The minimum Gasteiger partial charge on any atom is -0.353 e. The van der Waals surface area contributed by atoms with Gasteiger partial charge in [-0.15, -0.1) is 0 Å². The van der Waals surface area contributed by atoms with Gasteiger partial charge in [0.25, 0.3) is 5.91 Å². The van der Waals surface area contributed by atoms with Gasteiger partial charge < -0.3 is 10.2 Å². The van der Waals surface area contributed by atoms with Crippen LogP contribution in [0.1, 0.15) is 43.0 Å². The highest BCUT2D eigenvalue weighted by Crippen LogP contribution is 2.26. The summed E-state index contributed by atoms with van der Waals surface area (Å²) in [5, 5.41) is 3.02. The van der Waals surface area contributed by atoms with E-state index < -0.39 is 0 Å². The van der Waals surface area contributed by atoms with Gasteiger partial charge in [0, 0.05) is 31.1 Å². The van der Waals surface area contributed by atoms with E-state index in [1.54, 1.807) is 17.0 Å². The Labute approximate surface area is 159 Å². The largest absolute Gasteiger partial charge is 0.353 e. The van der Waals surface area contributed by atoms with Gasteiger partial charge in [-0.2, -0.15) is 0 Å². The van der Waals surface area contributed by atoms with Crippen molar-refractivity contribution < 1.29 is 14.0 Å². The van der Waals surface area contributed by atoms with Crippen molar-refractivity contribution in [2.24, 2.45) is 0 Å². The van der Waals surface area contributed by atoms with Crippen LogP contribution in [0.25, 0.3) is 11.1 Å². The lowest BCUT2D eigenvalue weighted by molar-refractivity contribution is -0.121. The molecule has 1 unspecified atom stereocenters. The summed E-state index contributed by atoms with van der Waals surface area (Å²) < 4.78 is 13.1. The van der Waals surface area contributed by atoms with E-state index in [0.29, 0.717) is 12.0 Å². The molecule has 0 saturated heterocycles. The van der Waals surface area contributed by atoms with Gasteiger partial charge in [0.15, 0.2) is 0 Å². The minimum atomic E-state index is -0.267. The molecule has 1 aliphatic rings. The second-order valence-electron chi connectivity index (χ2n) is 7.09. The van der Waals surface area contributed by atoms with E-state index in [-0.39, 0.29) is 29.7 Å². The number of rotatable bonds is 5. The second kappa shape index (κ2) is 8.33. The Morgan fingerprint density at radius 2 is 1.63 bits per heavy atom. The van der Waals surface area contributed by atoms with Crippen molar-refractivity contribution in [1.29, 1.82) is 0 Å². The molecule has 0 aliphatic heterocycles. The lowest BCUT2D eigenvalue weighted by Crippen LogP contribution is -2.38. The van der Waals surface area contributed by atoms with Crippen molar-refractivity contribution in [3.63, 3.8) is 0 Å². The van der Waals surface area contributed by atoms with Crippen molar-refractivity contribution in [3.8, 4) is 11.1 Å². The van der Waals surface area contributed by atoms with Gasteiger partial charge in [0.2, 0.25) is 5.91 Å². The molecular formula is C22H25FN2O2. The zero-order valence-electron chi connectivity index (χ0n) is 15.7. The molecular weight excluding hydrogens is 343 g/mol. The van der Waals surface area contributed by atoms with E-state index in [1.165, 1.54) is 12.1 Å². The molecule has 0 bridgehead atoms. The maximum atomic E-state index is 13.1. The number of amides is 2. The topological polar surface area (TPSA) is 49.4 Å². The van der Waals surface area contributed by atoms with Gasteiger partial charge in [-0.25, -0.2) is 4.39 Å². The van der Waals surface area contributed by atoms with Crippen molar-refractivity contribution in [1.82, 2.24) is 10.2 Å². The van der Waals surface area contributed by atoms with E-state index in [9.17, 15) is 14.0 Å². The van der Waals surface area contributed by atoms with E-state index in [1.807, 2.05) is 38.2 Å². The van der Waals surface area contributed by atoms with Crippen molar-refractivity contribution >= 4 is 11.8 Å². The molecule has 1 aliphatic carbocycles. The fraction of sp³-hybridized carbons (Fsp3) is 0.364. The Hall–Kier alpha value is -2.69. The van der Waals surface area contributed by atoms with E-state index >= 15 is 0 Å². The number of carbonyl (C=O) groups is 2.